The van der Waals surface area contributed by atoms with Crippen LogP contribution < -0.4 is 4.90 Å². The first-order valence-electron chi connectivity index (χ1n) is 10.3. The van der Waals surface area contributed by atoms with Crippen LogP contribution in [0.15, 0.2) is 91.0 Å². The van der Waals surface area contributed by atoms with E-state index in [4.69, 9.17) is 11.6 Å². The minimum Gasteiger partial charge on any atom is -0.508 e. The summed E-state index contributed by atoms with van der Waals surface area (Å²) in [6, 6.07) is 25.7. The number of halogens is 1. The number of benzene rings is 4. The Morgan fingerprint density at radius 3 is 1.82 bits per heavy atom. The van der Waals surface area contributed by atoms with Gasteiger partial charge in [0.1, 0.15) is 11.5 Å². The summed E-state index contributed by atoms with van der Waals surface area (Å²) in [7, 11) is 0. The zero-order chi connectivity index (χ0) is 23.1. The molecule has 1 aliphatic rings. The fourth-order valence-corrected chi connectivity index (χ4v) is 4.37. The number of phenolic OH excluding ortho intramolecular Hbond substituents is 2. The van der Waals surface area contributed by atoms with E-state index in [1.807, 2.05) is 36.4 Å². The second kappa shape index (κ2) is 8.11. The Kier molecular flexibility index (Phi) is 5.11. The molecule has 1 heterocycles. The van der Waals surface area contributed by atoms with Gasteiger partial charge in [-0.3, -0.25) is 9.59 Å². The second-order valence-electron chi connectivity index (χ2n) is 7.85. The average molecular weight is 456 g/mol. The van der Waals surface area contributed by atoms with Crippen molar-refractivity contribution >= 4 is 29.1 Å². The number of amides is 2. The molecule has 4 aromatic carbocycles. The molecule has 0 unspecified atom stereocenters. The number of rotatable bonds is 4. The molecular weight excluding hydrogens is 438 g/mol. The highest BCUT2D eigenvalue weighted by molar-refractivity contribution is 6.36. The maximum Gasteiger partial charge on any atom is 0.266 e. The Morgan fingerprint density at radius 2 is 1.21 bits per heavy atom. The topological polar surface area (TPSA) is 77.8 Å². The fraction of sp³-hybridized carbons (Fsp3) is 0.0370. The van der Waals surface area contributed by atoms with Gasteiger partial charge in [0.15, 0.2) is 0 Å². The number of fused-ring (bicyclic) bond motifs is 1. The van der Waals surface area contributed by atoms with Crippen LogP contribution in [0.4, 0.5) is 5.69 Å². The van der Waals surface area contributed by atoms with Gasteiger partial charge in [-0.25, -0.2) is 4.90 Å². The molecule has 0 aliphatic carbocycles. The smallest absolute Gasteiger partial charge is 0.266 e. The number of hydrogen-bond donors (Lipinski definition) is 2. The lowest BCUT2D eigenvalue weighted by atomic mass is 9.85. The number of hydrogen-bond acceptors (Lipinski definition) is 4. The van der Waals surface area contributed by atoms with E-state index in [0.717, 1.165) is 21.6 Å². The maximum absolute atomic E-state index is 13.0. The van der Waals surface area contributed by atoms with Crippen molar-refractivity contribution in [1.82, 2.24) is 0 Å². The van der Waals surface area contributed by atoms with Crippen LogP contribution in [0.1, 0.15) is 43.3 Å². The van der Waals surface area contributed by atoms with E-state index < -0.39 is 11.8 Å². The Hall–Kier alpha value is -4.09. The van der Waals surface area contributed by atoms with Crippen molar-refractivity contribution < 1.29 is 19.8 Å². The zero-order valence-electron chi connectivity index (χ0n) is 17.3. The highest BCUT2D eigenvalue weighted by atomic mass is 35.5. The molecule has 2 amide bonds. The predicted octanol–water partition coefficient (Wildman–Crippen LogP) is 5.73. The molecule has 162 valence electrons. The maximum atomic E-state index is 13.0. The Bertz CT molecular complexity index is 1330. The van der Waals surface area contributed by atoms with Crippen molar-refractivity contribution in [3.63, 3.8) is 0 Å². The average Bonchev–Trinajstić information content (AvgIpc) is 3.06. The number of phenols is 2. The summed E-state index contributed by atoms with van der Waals surface area (Å²) in [4.78, 5) is 27.2. The molecule has 0 saturated heterocycles. The van der Waals surface area contributed by atoms with Gasteiger partial charge in [-0.15, -0.1) is 0 Å². The Balaban J connectivity index is 1.60. The number of carbonyl (C=O) groups is 2. The van der Waals surface area contributed by atoms with Crippen molar-refractivity contribution in [2.24, 2.45) is 0 Å². The second-order valence-corrected chi connectivity index (χ2v) is 8.28. The first-order valence-corrected chi connectivity index (χ1v) is 10.7. The van der Waals surface area contributed by atoms with Crippen LogP contribution in [0, 0.1) is 0 Å². The van der Waals surface area contributed by atoms with Gasteiger partial charge in [-0.1, -0.05) is 48.0 Å². The molecule has 0 aromatic heterocycles. The third kappa shape index (κ3) is 3.73. The summed E-state index contributed by atoms with van der Waals surface area (Å²) in [6.07, 6.45) is 0. The lowest BCUT2D eigenvalue weighted by molar-refractivity contribution is 0.0926. The first kappa shape index (κ1) is 20.8. The highest BCUT2D eigenvalue weighted by Crippen LogP contribution is 2.37. The monoisotopic (exact) mass is 455 g/mol. The van der Waals surface area contributed by atoms with Crippen LogP contribution in [0.3, 0.4) is 0 Å². The molecule has 0 fully saturated rings. The molecule has 5 rings (SSSR count). The van der Waals surface area contributed by atoms with Crippen molar-refractivity contribution in [3.05, 3.63) is 124 Å². The van der Waals surface area contributed by atoms with Gasteiger partial charge in [-0.05, 0) is 71.3 Å². The first-order chi connectivity index (χ1) is 15.9. The molecular formula is C27H18ClNO4. The number of carbonyl (C=O) groups excluding carboxylic acids is 2. The van der Waals surface area contributed by atoms with E-state index in [2.05, 4.69) is 0 Å². The van der Waals surface area contributed by atoms with Crippen molar-refractivity contribution in [1.29, 1.82) is 0 Å². The van der Waals surface area contributed by atoms with Gasteiger partial charge < -0.3 is 10.2 Å². The van der Waals surface area contributed by atoms with E-state index >= 15 is 0 Å². The molecule has 0 bridgehead atoms. The molecule has 1 aliphatic heterocycles. The standard InChI is InChI=1S/C27H18ClNO4/c28-19-8-13-23-24(15-19)27(33)29(26(23)32)20-3-1-2-18(14-20)25(16-4-9-21(30)10-5-16)17-6-11-22(31)12-7-17/h1-15,25,30-31H. The van der Waals surface area contributed by atoms with Crippen LogP contribution >= 0.6 is 11.6 Å². The van der Waals surface area contributed by atoms with Crippen LogP contribution in [-0.4, -0.2) is 22.0 Å². The molecule has 4 aromatic rings. The third-order valence-electron chi connectivity index (χ3n) is 5.76. The summed E-state index contributed by atoms with van der Waals surface area (Å²) < 4.78 is 0. The predicted molar refractivity (Wildman–Crippen MR) is 126 cm³/mol. The molecule has 0 radical (unpaired) electrons. The molecule has 0 saturated carbocycles. The lowest BCUT2D eigenvalue weighted by Gasteiger charge is -2.21. The summed E-state index contributed by atoms with van der Waals surface area (Å²) >= 11 is 6.04. The number of anilines is 1. The third-order valence-corrected chi connectivity index (χ3v) is 6.00. The SMILES string of the molecule is O=C1c2ccc(Cl)cc2C(=O)N1c1cccc(C(c2ccc(O)cc2)c2ccc(O)cc2)c1. The largest absolute Gasteiger partial charge is 0.508 e. The van der Waals surface area contributed by atoms with E-state index in [9.17, 15) is 19.8 Å². The number of imide groups is 1. The van der Waals surface area contributed by atoms with Gasteiger partial charge >= 0.3 is 0 Å². The van der Waals surface area contributed by atoms with Gasteiger partial charge in [0, 0.05) is 10.9 Å². The molecule has 0 spiro atoms. The summed E-state index contributed by atoms with van der Waals surface area (Å²) in [6.45, 7) is 0. The minimum absolute atomic E-state index is 0.154. The van der Waals surface area contributed by atoms with Crippen LogP contribution in [-0.2, 0) is 0 Å². The van der Waals surface area contributed by atoms with Crippen molar-refractivity contribution in [2.75, 3.05) is 4.90 Å². The number of aromatic hydroxyl groups is 2. The van der Waals surface area contributed by atoms with Crippen molar-refractivity contribution in [3.8, 4) is 11.5 Å². The Morgan fingerprint density at radius 1 is 0.636 bits per heavy atom. The van der Waals surface area contributed by atoms with E-state index in [-0.39, 0.29) is 23.0 Å². The number of nitrogens with zero attached hydrogens (tertiary/aromatic N) is 1. The van der Waals surface area contributed by atoms with Gasteiger partial charge in [0.05, 0.1) is 16.8 Å². The normalized spacial score (nSPS) is 13.0. The van der Waals surface area contributed by atoms with E-state index in [1.165, 1.54) is 6.07 Å². The summed E-state index contributed by atoms with van der Waals surface area (Å²) in [5, 5.41) is 19.9. The van der Waals surface area contributed by atoms with Gasteiger partial charge in [-0.2, -0.15) is 0 Å². The van der Waals surface area contributed by atoms with Crippen molar-refractivity contribution in [2.45, 2.75) is 5.92 Å². The van der Waals surface area contributed by atoms with Gasteiger partial charge in [0.25, 0.3) is 11.8 Å². The van der Waals surface area contributed by atoms with Gasteiger partial charge in [0.2, 0.25) is 0 Å². The van der Waals surface area contributed by atoms with Crippen LogP contribution in [0.25, 0.3) is 0 Å². The minimum atomic E-state index is -0.416. The van der Waals surface area contributed by atoms with E-state index in [1.54, 1.807) is 48.5 Å². The zero-order valence-corrected chi connectivity index (χ0v) is 18.0. The van der Waals surface area contributed by atoms with Crippen LogP contribution in [0.5, 0.6) is 11.5 Å². The molecule has 2 N–H and O–H groups in total. The van der Waals surface area contributed by atoms with Crippen LogP contribution in [0.2, 0.25) is 5.02 Å². The summed E-state index contributed by atoms with van der Waals surface area (Å²) in [5.74, 6) is -0.755. The quantitative estimate of drug-likeness (QED) is 0.304. The summed E-state index contributed by atoms with van der Waals surface area (Å²) in [5.41, 5.74) is 3.72. The molecule has 0 atom stereocenters. The Labute approximate surface area is 195 Å². The highest BCUT2D eigenvalue weighted by Gasteiger charge is 2.37. The molecule has 33 heavy (non-hydrogen) atoms. The lowest BCUT2D eigenvalue weighted by Crippen LogP contribution is -2.29. The van der Waals surface area contributed by atoms with E-state index in [0.29, 0.717) is 16.3 Å². The molecule has 6 heteroatoms. The molecule has 5 nitrogen and oxygen atoms in total. The fourth-order valence-electron chi connectivity index (χ4n) is 4.20.